The Morgan fingerprint density at radius 1 is 0.622 bits per heavy atom. The van der Waals surface area contributed by atoms with Crippen LogP contribution in [0, 0.1) is 0 Å². The summed E-state index contributed by atoms with van der Waals surface area (Å²) < 4.78 is 2.05. The van der Waals surface area contributed by atoms with Crippen LogP contribution < -0.4 is 0 Å². The fourth-order valence-corrected chi connectivity index (χ4v) is 6.49. The first-order valence-electron chi connectivity index (χ1n) is 15.4. The van der Waals surface area contributed by atoms with Crippen LogP contribution in [0.25, 0.3) is 10.8 Å². The number of fused-ring (bicyclic) bond motifs is 1. The van der Waals surface area contributed by atoms with E-state index < -0.39 is 5.54 Å². The van der Waals surface area contributed by atoms with Crippen LogP contribution in [0.4, 0.5) is 0 Å². The number of ketones is 1. The van der Waals surface area contributed by atoms with E-state index in [-0.39, 0.29) is 23.8 Å². The van der Waals surface area contributed by atoms with Gasteiger partial charge in [0.25, 0.3) is 5.91 Å². The van der Waals surface area contributed by atoms with Gasteiger partial charge in [-0.15, -0.1) is 0 Å². The Bertz CT molecular complexity index is 1840. The Kier molecular flexibility index (Phi) is 8.18. The van der Waals surface area contributed by atoms with Gasteiger partial charge in [0.1, 0.15) is 11.2 Å². The third-order valence-corrected chi connectivity index (χ3v) is 8.47. The summed E-state index contributed by atoms with van der Waals surface area (Å²) in [4.78, 5) is 33.8. The van der Waals surface area contributed by atoms with Crippen molar-refractivity contribution >= 4 is 22.5 Å². The van der Waals surface area contributed by atoms with E-state index in [2.05, 4.69) is 41.4 Å². The highest BCUT2D eigenvalue weighted by atomic mass is 16.2. The Hall–Kier alpha value is -5.29. The lowest BCUT2D eigenvalue weighted by atomic mass is 9.77. The quantitative estimate of drug-likeness (QED) is 0.125. The van der Waals surface area contributed by atoms with Gasteiger partial charge in [0, 0.05) is 29.4 Å². The van der Waals surface area contributed by atoms with E-state index in [1.807, 2.05) is 134 Å². The number of benzene rings is 5. The summed E-state index contributed by atoms with van der Waals surface area (Å²) >= 11 is 0. The number of imidazole rings is 1. The monoisotopic (exact) mass is 591 g/mol. The summed E-state index contributed by atoms with van der Waals surface area (Å²) in [5.41, 5.74) is 3.97. The molecule has 1 heterocycles. The number of carbonyl (C=O) groups excluding carboxylic acids is 2. The molecule has 0 unspecified atom stereocenters. The van der Waals surface area contributed by atoms with Gasteiger partial charge in [0.15, 0.2) is 0 Å². The smallest absolute Gasteiger partial charge is 0.254 e. The number of nitrogens with zero attached hydrogens (tertiary/aromatic N) is 3. The molecule has 0 atom stereocenters. The molecule has 0 aliphatic rings. The van der Waals surface area contributed by atoms with Crippen LogP contribution in [0.1, 0.15) is 70.8 Å². The molecule has 5 aromatic carbocycles. The molecule has 5 nitrogen and oxygen atoms in total. The van der Waals surface area contributed by atoms with Gasteiger partial charge in [-0.05, 0) is 73.4 Å². The van der Waals surface area contributed by atoms with Gasteiger partial charge >= 0.3 is 0 Å². The summed E-state index contributed by atoms with van der Waals surface area (Å²) in [7, 11) is 0. The fourth-order valence-electron chi connectivity index (χ4n) is 6.49. The Morgan fingerprint density at radius 3 is 1.53 bits per heavy atom. The Labute approximate surface area is 264 Å². The molecular weight excluding hydrogens is 554 g/mol. The molecule has 0 bridgehead atoms. The molecule has 0 spiro atoms. The number of carbonyl (C=O) groups is 2. The van der Waals surface area contributed by atoms with Crippen LogP contribution in [0.2, 0.25) is 0 Å². The lowest BCUT2D eigenvalue weighted by Gasteiger charge is -2.37. The highest BCUT2D eigenvalue weighted by molar-refractivity contribution is 6.10. The molecule has 0 saturated heterocycles. The molecular formula is C40H37N3O2. The minimum atomic E-state index is -0.749. The number of hydrogen-bond donors (Lipinski definition) is 0. The van der Waals surface area contributed by atoms with E-state index in [4.69, 9.17) is 0 Å². The molecule has 45 heavy (non-hydrogen) atoms. The highest BCUT2D eigenvalue weighted by Crippen LogP contribution is 2.41. The standard InChI is InChI=1S/C40H37N3O2/c1-28(2)43(29(3)4)39(45)33-23-21-30-24-32(22-20-31(30)25-33)38(44)37-26-42(27-41-37)40(34-14-8-5-9-15-34,35-16-10-6-11-17-35)36-18-12-7-13-19-36/h5-29H,1-4H3. The van der Waals surface area contributed by atoms with E-state index in [0.29, 0.717) is 16.8 Å². The molecule has 224 valence electrons. The molecule has 1 aromatic heterocycles. The molecule has 6 aromatic rings. The predicted octanol–water partition coefficient (Wildman–Crippen LogP) is 8.37. The van der Waals surface area contributed by atoms with Crippen molar-refractivity contribution in [3.63, 3.8) is 0 Å². The Morgan fingerprint density at radius 2 is 1.07 bits per heavy atom. The average molecular weight is 592 g/mol. The van der Waals surface area contributed by atoms with Gasteiger partial charge in [-0.3, -0.25) is 9.59 Å². The van der Waals surface area contributed by atoms with Crippen molar-refractivity contribution in [1.82, 2.24) is 14.5 Å². The summed E-state index contributed by atoms with van der Waals surface area (Å²) in [6.45, 7) is 8.12. The molecule has 0 radical (unpaired) electrons. The van der Waals surface area contributed by atoms with E-state index in [1.165, 1.54) is 0 Å². The average Bonchev–Trinajstić information content (AvgIpc) is 3.56. The number of amides is 1. The fraction of sp³-hybridized carbons (Fsp3) is 0.175. The third-order valence-electron chi connectivity index (χ3n) is 8.47. The van der Waals surface area contributed by atoms with Gasteiger partial charge in [0.05, 0.1) is 6.33 Å². The molecule has 0 fully saturated rings. The highest BCUT2D eigenvalue weighted by Gasteiger charge is 2.38. The lowest BCUT2D eigenvalue weighted by Crippen LogP contribution is -2.42. The van der Waals surface area contributed by atoms with Crippen molar-refractivity contribution in [2.24, 2.45) is 0 Å². The zero-order chi connectivity index (χ0) is 31.6. The topological polar surface area (TPSA) is 55.2 Å². The van der Waals surface area contributed by atoms with Gasteiger partial charge in [-0.2, -0.15) is 0 Å². The first-order chi connectivity index (χ1) is 21.8. The van der Waals surface area contributed by atoms with Gasteiger partial charge in [-0.1, -0.05) is 109 Å². The molecule has 0 saturated carbocycles. The molecule has 0 aliphatic heterocycles. The van der Waals surface area contributed by atoms with E-state index >= 15 is 0 Å². The Balaban J connectivity index is 1.40. The first-order valence-corrected chi connectivity index (χ1v) is 15.4. The zero-order valence-corrected chi connectivity index (χ0v) is 26.1. The van der Waals surface area contributed by atoms with Crippen molar-refractivity contribution in [1.29, 1.82) is 0 Å². The molecule has 0 aliphatic carbocycles. The van der Waals surface area contributed by atoms with Crippen LogP contribution >= 0.6 is 0 Å². The van der Waals surface area contributed by atoms with E-state index in [1.54, 1.807) is 6.33 Å². The second-order valence-electron chi connectivity index (χ2n) is 12.0. The second kappa shape index (κ2) is 12.4. The zero-order valence-electron chi connectivity index (χ0n) is 26.1. The molecule has 1 amide bonds. The minimum absolute atomic E-state index is 0.00586. The summed E-state index contributed by atoms with van der Waals surface area (Å²) in [5, 5.41) is 1.80. The number of rotatable bonds is 9. The maximum atomic E-state index is 13.9. The van der Waals surface area contributed by atoms with Crippen LogP contribution in [-0.4, -0.2) is 38.2 Å². The molecule has 0 N–H and O–H groups in total. The van der Waals surface area contributed by atoms with Crippen molar-refractivity contribution in [3.05, 3.63) is 173 Å². The number of aromatic nitrogens is 2. The SMILES string of the molecule is CC(C)N(C(=O)c1ccc2cc(C(=O)c3cn(C(c4ccccc4)(c4ccccc4)c4ccccc4)cn3)ccc2c1)C(C)C. The van der Waals surface area contributed by atoms with Gasteiger partial charge in [0.2, 0.25) is 5.78 Å². The summed E-state index contributed by atoms with van der Waals surface area (Å²) in [6, 6.07) is 42.4. The molecule has 6 rings (SSSR count). The normalized spacial score (nSPS) is 11.7. The predicted molar refractivity (Wildman–Crippen MR) is 181 cm³/mol. The van der Waals surface area contributed by atoms with Gasteiger partial charge < -0.3 is 9.47 Å². The van der Waals surface area contributed by atoms with Gasteiger partial charge in [-0.25, -0.2) is 4.98 Å². The van der Waals surface area contributed by atoms with Crippen LogP contribution in [0.5, 0.6) is 0 Å². The maximum Gasteiger partial charge on any atom is 0.254 e. The van der Waals surface area contributed by atoms with Crippen LogP contribution in [-0.2, 0) is 5.54 Å². The van der Waals surface area contributed by atoms with Crippen molar-refractivity contribution in [3.8, 4) is 0 Å². The first kappa shape index (κ1) is 29.8. The number of hydrogen-bond acceptors (Lipinski definition) is 3. The van der Waals surface area contributed by atoms with Crippen LogP contribution in [0.15, 0.2) is 140 Å². The van der Waals surface area contributed by atoms with Crippen molar-refractivity contribution < 1.29 is 9.59 Å². The maximum absolute atomic E-state index is 13.9. The van der Waals surface area contributed by atoms with Crippen molar-refractivity contribution in [2.45, 2.75) is 45.3 Å². The lowest BCUT2D eigenvalue weighted by molar-refractivity contribution is 0.0643. The minimum Gasteiger partial charge on any atom is -0.334 e. The van der Waals surface area contributed by atoms with Crippen LogP contribution in [0.3, 0.4) is 0 Å². The largest absolute Gasteiger partial charge is 0.334 e. The van der Waals surface area contributed by atoms with E-state index in [0.717, 1.165) is 27.5 Å². The second-order valence-corrected chi connectivity index (χ2v) is 12.0. The molecule has 5 heteroatoms. The summed E-state index contributed by atoms with van der Waals surface area (Å²) in [6.07, 6.45) is 3.61. The third kappa shape index (κ3) is 5.46. The van der Waals surface area contributed by atoms with Crippen molar-refractivity contribution in [2.75, 3.05) is 0 Å². The van der Waals surface area contributed by atoms with E-state index in [9.17, 15) is 9.59 Å². The summed E-state index contributed by atoms with van der Waals surface area (Å²) in [5.74, 6) is -0.156.